The highest BCUT2D eigenvalue weighted by Crippen LogP contribution is 2.19. The number of alkyl halides is 1. The second-order valence-corrected chi connectivity index (χ2v) is 5.09. The summed E-state index contributed by atoms with van der Waals surface area (Å²) in [5.74, 6) is 0.662. The highest BCUT2D eigenvalue weighted by Gasteiger charge is 2.05. The second-order valence-electron chi connectivity index (χ2n) is 4.71. The van der Waals surface area contributed by atoms with Gasteiger partial charge >= 0.3 is 0 Å². The van der Waals surface area contributed by atoms with Crippen molar-refractivity contribution in [1.29, 1.82) is 5.41 Å². The van der Waals surface area contributed by atoms with Crippen LogP contribution in [0, 0.1) is 5.41 Å². The lowest BCUT2D eigenvalue weighted by Crippen LogP contribution is -2.00. The van der Waals surface area contributed by atoms with Gasteiger partial charge in [0.05, 0.1) is 5.71 Å². The van der Waals surface area contributed by atoms with Crippen LogP contribution in [-0.2, 0) is 0 Å². The van der Waals surface area contributed by atoms with Crippen molar-refractivity contribution in [2.75, 3.05) is 5.88 Å². The first kappa shape index (κ1) is 14.5. The number of rotatable bonds is 6. The molecule has 1 N–H and O–H groups in total. The Labute approximate surface area is 125 Å². The molecule has 2 aromatic carbocycles. The van der Waals surface area contributed by atoms with E-state index in [-0.39, 0.29) is 0 Å². The van der Waals surface area contributed by atoms with E-state index in [9.17, 15) is 0 Å². The zero-order chi connectivity index (χ0) is 14.4. The molecule has 0 aliphatic rings. The molecule has 0 radical (unpaired) electrons. The van der Waals surface area contributed by atoms with Crippen molar-refractivity contribution in [3.05, 3.63) is 77.9 Å². The number of hydrogen-bond donors (Lipinski definition) is 1. The van der Waals surface area contributed by atoms with E-state index >= 15 is 0 Å². The topological polar surface area (TPSA) is 23.9 Å². The molecule has 2 rings (SSSR count). The molecule has 2 aromatic rings. The lowest BCUT2D eigenvalue weighted by atomic mass is 9.98. The molecule has 0 spiro atoms. The summed E-state index contributed by atoms with van der Waals surface area (Å²) < 4.78 is 0. The summed E-state index contributed by atoms with van der Waals surface area (Å²) in [7, 11) is 0. The van der Waals surface area contributed by atoms with E-state index in [1.165, 1.54) is 0 Å². The first-order chi connectivity index (χ1) is 9.72. The van der Waals surface area contributed by atoms with Crippen LogP contribution >= 0.6 is 11.6 Å². The SMILES string of the molecule is C=C(CCCCl)c1ccc(C(=N)c2ccccc2)cc1. The summed E-state index contributed by atoms with van der Waals surface area (Å²) in [6.45, 7) is 4.08. The Balaban J connectivity index is 2.12. The monoisotopic (exact) mass is 283 g/mol. The number of allylic oxidation sites excluding steroid dienone is 1. The van der Waals surface area contributed by atoms with Crippen molar-refractivity contribution >= 4 is 22.9 Å². The predicted octanol–water partition coefficient (Wildman–Crippen LogP) is 5.13. The van der Waals surface area contributed by atoms with E-state index in [1.807, 2.05) is 54.6 Å². The van der Waals surface area contributed by atoms with Crippen LogP contribution in [0.25, 0.3) is 5.57 Å². The third-order valence-electron chi connectivity index (χ3n) is 3.26. The molecule has 0 atom stereocenters. The summed E-state index contributed by atoms with van der Waals surface area (Å²) in [5, 5.41) is 8.22. The van der Waals surface area contributed by atoms with Gasteiger partial charge in [0.1, 0.15) is 0 Å². The maximum absolute atomic E-state index is 8.22. The smallest absolute Gasteiger partial charge is 0.0684 e. The fourth-order valence-electron chi connectivity index (χ4n) is 2.07. The van der Waals surface area contributed by atoms with Gasteiger partial charge in [-0.15, -0.1) is 11.6 Å². The van der Waals surface area contributed by atoms with E-state index in [0.717, 1.165) is 35.1 Å². The highest BCUT2D eigenvalue weighted by molar-refractivity contribution is 6.17. The Morgan fingerprint density at radius 1 is 0.900 bits per heavy atom. The summed E-state index contributed by atoms with van der Waals surface area (Å²) in [6, 6.07) is 17.8. The Hall–Kier alpha value is -1.86. The molecule has 0 heterocycles. The lowest BCUT2D eigenvalue weighted by Gasteiger charge is -2.08. The quantitative estimate of drug-likeness (QED) is 0.561. The van der Waals surface area contributed by atoms with E-state index < -0.39 is 0 Å². The van der Waals surface area contributed by atoms with Gasteiger partial charge in [-0.05, 0) is 29.5 Å². The van der Waals surface area contributed by atoms with Gasteiger partial charge in [0, 0.05) is 11.4 Å². The van der Waals surface area contributed by atoms with Crippen LogP contribution in [0.4, 0.5) is 0 Å². The van der Waals surface area contributed by atoms with Gasteiger partial charge in [0.2, 0.25) is 0 Å². The van der Waals surface area contributed by atoms with Gasteiger partial charge < -0.3 is 0 Å². The Bertz CT molecular complexity index is 585. The molecule has 0 fully saturated rings. The maximum atomic E-state index is 8.22. The Morgan fingerprint density at radius 3 is 2.05 bits per heavy atom. The van der Waals surface area contributed by atoms with E-state index in [1.54, 1.807) is 0 Å². The van der Waals surface area contributed by atoms with Gasteiger partial charge in [-0.3, -0.25) is 5.41 Å². The minimum atomic E-state index is 0.545. The summed E-state index contributed by atoms with van der Waals surface area (Å²) in [5.41, 5.74) is 4.62. The predicted molar refractivity (Wildman–Crippen MR) is 87.8 cm³/mol. The van der Waals surface area contributed by atoms with Gasteiger partial charge in [0.15, 0.2) is 0 Å². The van der Waals surface area contributed by atoms with Crippen LogP contribution in [0.2, 0.25) is 0 Å². The summed E-state index contributed by atoms with van der Waals surface area (Å²) in [4.78, 5) is 0. The number of halogens is 1. The molecule has 0 aliphatic heterocycles. The van der Waals surface area contributed by atoms with E-state index in [0.29, 0.717) is 11.6 Å². The fraction of sp³-hybridized carbons (Fsp3) is 0.167. The van der Waals surface area contributed by atoms with E-state index in [2.05, 4.69) is 6.58 Å². The van der Waals surface area contributed by atoms with Crippen LogP contribution < -0.4 is 0 Å². The molecule has 20 heavy (non-hydrogen) atoms. The Kier molecular flexibility index (Phi) is 5.14. The van der Waals surface area contributed by atoms with Gasteiger partial charge in [-0.25, -0.2) is 0 Å². The molecule has 1 nitrogen and oxygen atoms in total. The van der Waals surface area contributed by atoms with Gasteiger partial charge in [-0.2, -0.15) is 0 Å². The molecule has 0 aromatic heterocycles. The van der Waals surface area contributed by atoms with Crippen molar-refractivity contribution in [2.45, 2.75) is 12.8 Å². The molecule has 0 amide bonds. The average molecular weight is 284 g/mol. The standard InChI is InChI=1S/C18H18ClN/c1-14(6-5-13-19)15-9-11-17(12-10-15)18(20)16-7-3-2-4-8-16/h2-4,7-12,20H,1,5-6,13H2. The van der Waals surface area contributed by atoms with Crippen LogP contribution in [0.5, 0.6) is 0 Å². The van der Waals surface area contributed by atoms with Crippen LogP contribution in [0.1, 0.15) is 29.5 Å². The third-order valence-corrected chi connectivity index (χ3v) is 3.52. The molecule has 0 aliphatic carbocycles. The maximum Gasteiger partial charge on any atom is 0.0684 e. The zero-order valence-electron chi connectivity index (χ0n) is 11.4. The van der Waals surface area contributed by atoms with Crippen molar-refractivity contribution in [2.24, 2.45) is 0 Å². The van der Waals surface area contributed by atoms with Gasteiger partial charge in [0.25, 0.3) is 0 Å². The largest absolute Gasteiger partial charge is 0.300 e. The van der Waals surface area contributed by atoms with Crippen molar-refractivity contribution in [3.63, 3.8) is 0 Å². The number of benzene rings is 2. The second kappa shape index (κ2) is 7.06. The normalized spacial score (nSPS) is 10.2. The molecule has 0 saturated carbocycles. The van der Waals surface area contributed by atoms with Crippen molar-refractivity contribution in [3.8, 4) is 0 Å². The fourth-order valence-corrected chi connectivity index (χ4v) is 2.20. The van der Waals surface area contributed by atoms with Crippen LogP contribution in [0.3, 0.4) is 0 Å². The first-order valence-electron chi connectivity index (χ1n) is 6.71. The molecule has 0 saturated heterocycles. The van der Waals surface area contributed by atoms with Crippen molar-refractivity contribution in [1.82, 2.24) is 0 Å². The van der Waals surface area contributed by atoms with Crippen molar-refractivity contribution < 1.29 is 0 Å². The number of nitrogens with one attached hydrogen (secondary N) is 1. The Morgan fingerprint density at radius 2 is 1.45 bits per heavy atom. The molecular formula is C18H18ClN. The molecule has 0 unspecified atom stereocenters. The average Bonchev–Trinajstić information content (AvgIpc) is 2.53. The molecule has 2 heteroatoms. The molecule has 102 valence electrons. The third kappa shape index (κ3) is 3.58. The first-order valence-corrected chi connectivity index (χ1v) is 7.24. The van der Waals surface area contributed by atoms with E-state index in [4.69, 9.17) is 17.0 Å². The minimum absolute atomic E-state index is 0.545. The summed E-state index contributed by atoms with van der Waals surface area (Å²) in [6.07, 6.45) is 1.86. The van der Waals surface area contributed by atoms with Crippen LogP contribution in [-0.4, -0.2) is 11.6 Å². The summed E-state index contributed by atoms with van der Waals surface area (Å²) >= 11 is 5.70. The minimum Gasteiger partial charge on any atom is -0.300 e. The highest BCUT2D eigenvalue weighted by atomic mass is 35.5. The zero-order valence-corrected chi connectivity index (χ0v) is 12.2. The van der Waals surface area contributed by atoms with Crippen LogP contribution in [0.15, 0.2) is 61.2 Å². The van der Waals surface area contributed by atoms with Gasteiger partial charge in [-0.1, -0.05) is 61.2 Å². The molecule has 0 bridgehead atoms. The number of hydrogen-bond acceptors (Lipinski definition) is 1. The molecular weight excluding hydrogens is 266 g/mol. The lowest BCUT2D eigenvalue weighted by molar-refractivity contribution is 0.983.